The van der Waals surface area contributed by atoms with Crippen LogP contribution < -0.4 is 5.73 Å². The molecule has 0 aromatic carbocycles. The molecule has 2 N–H and O–H groups in total. The third kappa shape index (κ3) is 2.79. The molecule has 1 aliphatic rings. The van der Waals surface area contributed by atoms with Gasteiger partial charge in [-0.15, -0.1) is 0 Å². The Kier molecular flexibility index (Phi) is 4.02. The van der Waals surface area contributed by atoms with Crippen molar-refractivity contribution in [1.29, 1.82) is 0 Å². The Labute approximate surface area is 111 Å². The minimum atomic E-state index is 0.503. The fourth-order valence-corrected chi connectivity index (χ4v) is 2.86. The molecule has 2 unspecified atom stereocenters. The number of halogens is 1. The summed E-state index contributed by atoms with van der Waals surface area (Å²) in [7, 11) is 0. The summed E-state index contributed by atoms with van der Waals surface area (Å²) in [6, 6.07) is 0. The van der Waals surface area contributed by atoms with E-state index in [1.807, 2.05) is 6.92 Å². The monoisotopic (exact) mass is 297 g/mol. The summed E-state index contributed by atoms with van der Waals surface area (Å²) in [4.78, 5) is 9.03. The lowest BCUT2D eigenvalue weighted by molar-refractivity contribution is 0.307. The highest BCUT2D eigenvalue weighted by molar-refractivity contribution is 9.10. The molecule has 1 aromatic rings. The van der Waals surface area contributed by atoms with E-state index in [1.54, 1.807) is 0 Å². The van der Waals surface area contributed by atoms with E-state index < -0.39 is 0 Å². The second-order valence-electron chi connectivity index (χ2n) is 5.00. The number of aryl methyl sites for hydroxylation is 1. The number of aromatic nitrogens is 2. The quantitative estimate of drug-likeness (QED) is 0.903. The van der Waals surface area contributed by atoms with Crippen LogP contribution in [0.4, 0.5) is 5.82 Å². The van der Waals surface area contributed by atoms with Crippen LogP contribution in [0, 0.1) is 12.8 Å². The van der Waals surface area contributed by atoms with Crippen molar-refractivity contribution in [2.45, 2.75) is 51.9 Å². The number of nitrogen functional groups attached to an aromatic ring is 1. The van der Waals surface area contributed by atoms with E-state index in [9.17, 15) is 0 Å². The minimum absolute atomic E-state index is 0.503. The zero-order valence-electron chi connectivity index (χ0n) is 10.5. The minimum Gasteiger partial charge on any atom is -0.383 e. The van der Waals surface area contributed by atoms with Gasteiger partial charge >= 0.3 is 0 Å². The summed E-state index contributed by atoms with van der Waals surface area (Å²) < 4.78 is 0.837. The molecule has 0 bridgehead atoms. The third-order valence-electron chi connectivity index (χ3n) is 3.79. The Morgan fingerprint density at radius 2 is 2.12 bits per heavy atom. The first-order valence-electron chi connectivity index (χ1n) is 6.41. The van der Waals surface area contributed by atoms with Crippen LogP contribution in [0.15, 0.2) is 4.47 Å². The van der Waals surface area contributed by atoms with Gasteiger partial charge in [0.15, 0.2) is 0 Å². The number of rotatable bonds is 2. The van der Waals surface area contributed by atoms with Gasteiger partial charge in [0.05, 0.1) is 10.2 Å². The summed E-state index contributed by atoms with van der Waals surface area (Å²) in [6.07, 6.45) is 6.34. The summed E-state index contributed by atoms with van der Waals surface area (Å²) >= 11 is 3.41. The number of hydrogen-bond acceptors (Lipinski definition) is 3. The maximum absolute atomic E-state index is 5.90. The van der Waals surface area contributed by atoms with E-state index in [4.69, 9.17) is 5.73 Å². The first-order valence-corrected chi connectivity index (χ1v) is 7.20. The Morgan fingerprint density at radius 3 is 2.76 bits per heavy atom. The predicted octanol–water partition coefficient (Wildman–Crippen LogP) is 3.81. The van der Waals surface area contributed by atoms with Gasteiger partial charge in [-0.3, -0.25) is 0 Å². The molecule has 2 rings (SSSR count). The molecule has 0 spiro atoms. The topological polar surface area (TPSA) is 51.8 Å². The average molecular weight is 298 g/mol. The van der Waals surface area contributed by atoms with Crippen molar-refractivity contribution in [3.8, 4) is 0 Å². The Bertz CT molecular complexity index is 383. The third-order valence-corrected chi connectivity index (χ3v) is 4.77. The molecule has 1 saturated carbocycles. The summed E-state index contributed by atoms with van der Waals surface area (Å²) in [5.74, 6) is 2.86. The van der Waals surface area contributed by atoms with Crippen molar-refractivity contribution in [2.75, 3.05) is 5.73 Å². The van der Waals surface area contributed by atoms with E-state index in [1.165, 1.54) is 32.1 Å². The van der Waals surface area contributed by atoms with Crippen LogP contribution in [-0.2, 0) is 0 Å². The van der Waals surface area contributed by atoms with Crippen LogP contribution in [0.3, 0.4) is 0 Å². The first kappa shape index (κ1) is 12.8. The highest BCUT2D eigenvalue weighted by atomic mass is 79.9. The van der Waals surface area contributed by atoms with Gasteiger partial charge < -0.3 is 5.73 Å². The molecular weight excluding hydrogens is 278 g/mol. The van der Waals surface area contributed by atoms with Gasteiger partial charge in [0, 0.05) is 5.92 Å². The van der Waals surface area contributed by atoms with Crippen molar-refractivity contribution in [1.82, 2.24) is 9.97 Å². The lowest BCUT2D eigenvalue weighted by Gasteiger charge is -2.27. The van der Waals surface area contributed by atoms with Gasteiger partial charge in [0.25, 0.3) is 0 Å². The number of hydrogen-bond donors (Lipinski definition) is 1. The molecule has 3 nitrogen and oxygen atoms in total. The lowest BCUT2D eigenvalue weighted by atomic mass is 9.80. The molecule has 1 aromatic heterocycles. The predicted molar refractivity (Wildman–Crippen MR) is 73.9 cm³/mol. The SMILES string of the molecule is CCC1CCCC(c2nc(C)c(Br)c(N)n2)C1. The van der Waals surface area contributed by atoms with Crippen LogP contribution in [-0.4, -0.2) is 9.97 Å². The van der Waals surface area contributed by atoms with E-state index in [2.05, 4.69) is 32.8 Å². The van der Waals surface area contributed by atoms with E-state index in [-0.39, 0.29) is 0 Å². The second kappa shape index (κ2) is 5.34. The zero-order chi connectivity index (χ0) is 12.4. The first-order chi connectivity index (χ1) is 8.11. The summed E-state index contributed by atoms with van der Waals surface area (Å²) in [5, 5.41) is 0. The maximum Gasteiger partial charge on any atom is 0.141 e. The van der Waals surface area contributed by atoms with Crippen LogP contribution in [0.5, 0.6) is 0 Å². The highest BCUT2D eigenvalue weighted by Gasteiger charge is 2.24. The van der Waals surface area contributed by atoms with Crippen molar-refractivity contribution in [2.24, 2.45) is 5.92 Å². The molecule has 0 aliphatic heterocycles. The summed E-state index contributed by atoms with van der Waals surface area (Å²) in [6.45, 7) is 4.25. The number of nitrogens with two attached hydrogens (primary N) is 1. The van der Waals surface area contributed by atoms with Crippen molar-refractivity contribution >= 4 is 21.7 Å². The van der Waals surface area contributed by atoms with Crippen LogP contribution in [0.2, 0.25) is 0 Å². The smallest absolute Gasteiger partial charge is 0.141 e. The lowest BCUT2D eigenvalue weighted by Crippen LogP contribution is -2.17. The Morgan fingerprint density at radius 1 is 1.35 bits per heavy atom. The van der Waals surface area contributed by atoms with E-state index >= 15 is 0 Å². The Hall–Kier alpha value is -0.640. The molecule has 1 heterocycles. The molecule has 94 valence electrons. The molecule has 4 heteroatoms. The van der Waals surface area contributed by atoms with E-state index in [0.29, 0.717) is 11.7 Å². The fourth-order valence-electron chi connectivity index (χ4n) is 2.68. The normalized spacial score (nSPS) is 24.9. The molecular formula is C13H20BrN3. The molecule has 2 atom stereocenters. The van der Waals surface area contributed by atoms with Crippen molar-refractivity contribution in [3.05, 3.63) is 16.0 Å². The zero-order valence-corrected chi connectivity index (χ0v) is 12.1. The fraction of sp³-hybridized carbons (Fsp3) is 0.692. The molecule has 1 aliphatic carbocycles. The molecule has 0 radical (unpaired) electrons. The molecule has 1 fully saturated rings. The van der Waals surface area contributed by atoms with E-state index in [0.717, 1.165) is 21.9 Å². The van der Waals surface area contributed by atoms with Crippen molar-refractivity contribution < 1.29 is 0 Å². The second-order valence-corrected chi connectivity index (χ2v) is 5.80. The molecule has 0 saturated heterocycles. The van der Waals surface area contributed by atoms with Gasteiger partial charge in [-0.1, -0.05) is 26.2 Å². The largest absolute Gasteiger partial charge is 0.383 e. The van der Waals surface area contributed by atoms with Gasteiger partial charge in [0.1, 0.15) is 11.6 Å². The van der Waals surface area contributed by atoms with Crippen LogP contribution in [0.1, 0.15) is 56.5 Å². The average Bonchev–Trinajstić information content (AvgIpc) is 2.35. The highest BCUT2D eigenvalue weighted by Crippen LogP contribution is 2.37. The molecule has 17 heavy (non-hydrogen) atoms. The Balaban J connectivity index is 2.22. The molecule has 0 amide bonds. The van der Waals surface area contributed by atoms with Gasteiger partial charge in [-0.2, -0.15) is 0 Å². The summed E-state index contributed by atoms with van der Waals surface area (Å²) in [5.41, 5.74) is 6.85. The number of nitrogens with zero attached hydrogens (tertiary/aromatic N) is 2. The van der Waals surface area contributed by atoms with Gasteiger partial charge in [-0.05, 0) is 41.6 Å². The van der Waals surface area contributed by atoms with Gasteiger partial charge in [0.2, 0.25) is 0 Å². The maximum atomic E-state index is 5.90. The number of anilines is 1. The van der Waals surface area contributed by atoms with Crippen molar-refractivity contribution in [3.63, 3.8) is 0 Å². The standard InChI is InChI=1S/C13H20BrN3/c1-3-9-5-4-6-10(7-9)13-16-8(2)11(14)12(15)17-13/h9-10H,3-7H2,1-2H3,(H2,15,16,17). The van der Waals surface area contributed by atoms with Crippen LogP contribution >= 0.6 is 15.9 Å². The van der Waals surface area contributed by atoms with Gasteiger partial charge in [-0.25, -0.2) is 9.97 Å². The van der Waals surface area contributed by atoms with Crippen LogP contribution in [0.25, 0.3) is 0 Å².